The smallest absolute Gasteiger partial charge is 0.162 e. The van der Waals surface area contributed by atoms with Crippen molar-refractivity contribution in [2.45, 2.75) is 0 Å². The lowest BCUT2D eigenvalue weighted by atomic mass is 10.1. The summed E-state index contributed by atoms with van der Waals surface area (Å²) in [7, 11) is 1.66. The number of hydrogen-bond acceptors (Lipinski definition) is 3. The highest BCUT2D eigenvalue weighted by Gasteiger charge is 2.13. The molecule has 0 aliphatic carbocycles. The van der Waals surface area contributed by atoms with Crippen LogP contribution in [0.5, 0.6) is 5.75 Å². The molecule has 4 aromatic rings. The Hall–Kier alpha value is -2.88. The second kappa shape index (κ2) is 4.59. The zero-order valence-electron chi connectivity index (χ0n) is 11.5. The molecule has 0 fully saturated rings. The zero-order valence-corrected chi connectivity index (χ0v) is 11.5. The number of rotatable bonds is 2. The van der Waals surface area contributed by atoms with E-state index in [1.165, 1.54) is 5.39 Å². The Morgan fingerprint density at radius 3 is 2.52 bits per heavy atom. The van der Waals surface area contributed by atoms with E-state index in [-0.39, 0.29) is 0 Å². The molecule has 0 spiro atoms. The Morgan fingerprint density at radius 2 is 1.71 bits per heavy atom. The summed E-state index contributed by atoms with van der Waals surface area (Å²) in [6.45, 7) is 0. The second-order valence-electron chi connectivity index (χ2n) is 4.84. The number of aromatic nitrogens is 3. The van der Waals surface area contributed by atoms with E-state index in [0.29, 0.717) is 5.82 Å². The molecule has 4 nitrogen and oxygen atoms in total. The lowest BCUT2D eigenvalue weighted by molar-refractivity contribution is 0.416. The molecule has 0 amide bonds. The van der Waals surface area contributed by atoms with Crippen molar-refractivity contribution in [2.24, 2.45) is 0 Å². The van der Waals surface area contributed by atoms with Crippen LogP contribution in [0.15, 0.2) is 54.9 Å². The molecule has 0 bridgehead atoms. The average Bonchev–Trinajstić information content (AvgIpc) is 2.92. The summed E-state index contributed by atoms with van der Waals surface area (Å²) in [6.07, 6.45) is 3.47. The average molecular weight is 275 g/mol. The van der Waals surface area contributed by atoms with Gasteiger partial charge in [0.25, 0.3) is 0 Å². The first kappa shape index (κ1) is 11.9. The second-order valence-corrected chi connectivity index (χ2v) is 4.84. The topological polar surface area (TPSA) is 50.8 Å². The predicted molar refractivity (Wildman–Crippen MR) is 83.4 cm³/mol. The van der Waals surface area contributed by atoms with Gasteiger partial charge in [0.05, 0.1) is 18.2 Å². The SMILES string of the molecule is COc1cc2[nH]c3ccccc3c2cc1-c1ncccn1. The summed E-state index contributed by atoms with van der Waals surface area (Å²) >= 11 is 0. The third-order valence-electron chi connectivity index (χ3n) is 3.63. The molecular formula is C17H13N3O. The molecule has 4 heteroatoms. The van der Waals surface area contributed by atoms with Gasteiger partial charge in [-0.3, -0.25) is 0 Å². The molecule has 1 N–H and O–H groups in total. The summed E-state index contributed by atoms with van der Waals surface area (Å²) in [5.74, 6) is 1.43. The fourth-order valence-corrected chi connectivity index (χ4v) is 2.66. The number of aromatic amines is 1. The zero-order chi connectivity index (χ0) is 14.2. The van der Waals surface area contributed by atoms with Crippen LogP contribution >= 0.6 is 0 Å². The molecule has 2 heterocycles. The van der Waals surface area contributed by atoms with Gasteiger partial charge in [-0.2, -0.15) is 0 Å². The first-order chi connectivity index (χ1) is 10.4. The minimum atomic E-state index is 0.668. The molecule has 2 aromatic heterocycles. The fraction of sp³-hybridized carbons (Fsp3) is 0.0588. The normalized spacial score (nSPS) is 11.1. The molecule has 0 unspecified atom stereocenters. The van der Waals surface area contributed by atoms with Crippen molar-refractivity contribution in [3.8, 4) is 17.1 Å². The summed E-state index contributed by atoms with van der Waals surface area (Å²) in [4.78, 5) is 12.1. The molecule has 0 saturated heterocycles. The van der Waals surface area contributed by atoms with E-state index in [9.17, 15) is 0 Å². The van der Waals surface area contributed by atoms with Crippen molar-refractivity contribution in [2.75, 3.05) is 7.11 Å². The Balaban J connectivity index is 2.08. The van der Waals surface area contributed by atoms with Crippen LogP contribution in [0.3, 0.4) is 0 Å². The van der Waals surface area contributed by atoms with Crippen LogP contribution in [-0.2, 0) is 0 Å². The van der Waals surface area contributed by atoms with E-state index in [0.717, 1.165) is 27.7 Å². The highest BCUT2D eigenvalue weighted by atomic mass is 16.5. The van der Waals surface area contributed by atoms with Crippen LogP contribution in [0.1, 0.15) is 0 Å². The van der Waals surface area contributed by atoms with Crippen molar-refractivity contribution in [1.82, 2.24) is 15.0 Å². The summed E-state index contributed by atoms with van der Waals surface area (Å²) in [5, 5.41) is 2.33. The predicted octanol–water partition coefficient (Wildman–Crippen LogP) is 3.79. The van der Waals surface area contributed by atoms with Crippen molar-refractivity contribution in [3.05, 3.63) is 54.9 Å². The first-order valence-electron chi connectivity index (χ1n) is 6.72. The third-order valence-corrected chi connectivity index (χ3v) is 3.63. The number of H-pyrrole nitrogens is 1. The molecule has 2 aromatic carbocycles. The molecule has 0 saturated carbocycles. The van der Waals surface area contributed by atoms with E-state index in [2.05, 4.69) is 33.2 Å². The number of nitrogens with zero attached hydrogens (tertiary/aromatic N) is 2. The highest BCUT2D eigenvalue weighted by molar-refractivity contribution is 6.09. The minimum Gasteiger partial charge on any atom is -0.496 e. The van der Waals surface area contributed by atoms with E-state index >= 15 is 0 Å². The molecule has 4 rings (SSSR count). The van der Waals surface area contributed by atoms with E-state index in [1.54, 1.807) is 25.6 Å². The number of benzene rings is 2. The van der Waals surface area contributed by atoms with Gasteiger partial charge in [0, 0.05) is 34.7 Å². The van der Waals surface area contributed by atoms with Crippen molar-refractivity contribution < 1.29 is 4.74 Å². The maximum absolute atomic E-state index is 5.50. The van der Waals surface area contributed by atoms with E-state index in [1.807, 2.05) is 18.2 Å². The number of hydrogen-bond donors (Lipinski definition) is 1. The molecular weight excluding hydrogens is 262 g/mol. The van der Waals surface area contributed by atoms with Crippen LogP contribution in [0.4, 0.5) is 0 Å². The summed E-state index contributed by atoms with van der Waals surface area (Å²) < 4.78 is 5.50. The van der Waals surface area contributed by atoms with Gasteiger partial charge < -0.3 is 9.72 Å². The molecule has 21 heavy (non-hydrogen) atoms. The first-order valence-corrected chi connectivity index (χ1v) is 6.72. The van der Waals surface area contributed by atoms with Crippen LogP contribution in [0.25, 0.3) is 33.2 Å². The van der Waals surface area contributed by atoms with Gasteiger partial charge in [-0.1, -0.05) is 18.2 Å². The molecule has 0 radical (unpaired) electrons. The maximum atomic E-state index is 5.50. The van der Waals surface area contributed by atoms with Gasteiger partial charge in [-0.05, 0) is 18.2 Å². The number of methoxy groups -OCH3 is 1. The standard InChI is InChI=1S/C17H13N3O/c1-21-16-10-15-12(11-5-2-3-6-14(11)20-15)9-13(16)17-18-7-4-8-19-17/h2-10,20H,1H3. The van der Waals surface area contributed by atoms with Gasteiger partial charge in [-0.25, -0.2) is 9.97 Å². The monoisotopic (exact) mass is 275 g/mol. The Labute approximate surface area is 121 Å². The van der Waals surface area contributed by atoms with Gasteiger partial charge >= 0.3 is 0 Å². The van der Waals surface area contributed by atoms with Gasteiger partial charge in [0.15, 0.2) is 5.82 Å². The van der Waals surface area contributed by atoms with Gasteiger partial charge in [-0.15, -0.1) is 0 Å². The molecule has 0 aliphatic heterocycles. The molecule has 102 valence electrons. The van der Waals surface area contributed by atoms with Crippen LogP contribution in [-0.4, -0.2) is 22.1 Å². The number of fused-ring (bicyclic) bond motifs is 3. The fourth-order valence-electron chi connectivity index (χ4n) is 2.66. The number of nitrogens with one attached hydrogen (secondary N) is 1. The van der Waals surface area contributed by atoms with E-state index in [4.69, 9.17) is 4.74 Å². The van der Waals surface area contributed by atoms with Gasteiger partial charge in [0.2, 0.25) is 0 Å². The quantitative estimate of drug-likeness (QED) is 0.605. The summed E-state index contributed by atoms with van der Waals surface area (Å²) in [6, 6.07) is 14.1. The van der Waals surface area contributed by atoms with Crippen molar-refractivity contribution in [3.63, 3.8) is 0 Å². The van der Waals surface area contributed by atoms with Crippen molar-refractivity contribution >= 4 is 21.8 Å². The number of para-hydroxylation sites is 1. The number of ether oxygens (including phenoxy) is 1. The molecule has 0 atom stereocenters. The lowest BCUT2D eigenvalue weighted by Gasteiger charge is -2.07. The minimum absolute atomic E-state index is 0.668. The van der Waals surface area contributed by atoms with Crippen molar-refractivity contribution in [1.29, 1.82) is 0 Å². The largest absolute Gasteiger partial charge is 0.496 e. The molecule has 0 aliphatic rings. The summed E-state index contributed by atoms with van der Waals surface area (Å²) in [5.41, 5.74) is 3.06. The van der Waals surface area contributed by atoms with Gasteiger partial charge in [0.1, 0.15) is 5.75 Å². The highest BCUT2D eigenvalue weighted by Crippen LogP contribution is 2.35. The Kier molecular flexibility index (Phi) is 2.60. The van der Waals surface area contributed by atoms with Crippen LogP contribution in [0, 0.1) is 0 Å². The van der Waals surface area contributed by atoms with Crippen LogP contribution < -0.4 is 4.74 Å². The van der Waals surface area contributed by atoms with E-state index < -0.39 is 0 Å². The third kappa shape index (κ3) is 1.84. The Morgan fingerprint density at radius 1 is 0.905 bits per heavy atom. The lowest BCUT2D eigenvalue weighted by Crippen LogP contribution is -1.92. The Bertz CT molecular complexity index is 929. The maximum Gasteiger partial charge on any atom is 0.162 e. The van der Waals surface area contributed by atoms with Crippen LogP contribution in [0.2, 0.25) is 0 Å².